The van der Waals surface area contributed by atoms with E-state index in [0.29, 0.717) is 12.8 Å². The van der Waals surface area contributed by atoms with Gasteiger partial charge in [0, 0.05) is 6.42 Å². The molecule has 3 aliphatic rings. The number of aliphatic hydroxyl groups is 11. The van der Waals surface area contributed by atoms with E-state index < -0.39 is 124 Å². The normalized spacial score (nSPS) is 31.3. The Bertz CT molecular complexity index is 1480. The lowest BCUT2D eigenvalue weighted by Gasteiger charge is -2.48. The second-order valence-corrected chi connectivity index (χ2v) is 21.1. The standard InChI is InChI=1S/C56H103NO18/c1-3-5-7-8-9-10-11-12-13-14-15-16-17-18-19-20-21-22-23-24-25-26-27-28-29-30-32-33-40(61)39(57-44(62)34-31-6-4-2)38-70-54-50(68)47(65)52(42(36-59)72-54)75-56-51(69)48(66)53(43(37-60)73-56)74-55-49(67)46(64)45(63)41(35-58)71-55/h27-28,32-33,39-43,45-56,58-61,63-69H,3-26,29-31,34-38H2,1-2H3,(H,57,62)/b28-27+,33-32+. The largest absolute Gasteiger partial charge is 0.394 e. The van der Waals surface area contributed by atoms with Gasteiger partial charge in [-0.1, -0.05) is 179 Å². The van der Waals surface area contributed by atoms with Crippen LogP contribution in [-0.4, -0.2) is 193 Å². The van der Waals surface area contributed by atoms with E-state index in [1.165, 1.54) is 128 Å². The minimum Gasteiger partial charge on any atom is -0.394 e. The summed E-state index contributed by atoms with van der Waals surface area (Å²) in [5.41, 5.74) is 0. The zero-order valence-corrected chi connectivity index (χ0v) is 45.5. The Labute approximate surface area is 448 Å². The van der Waals surface area contributed by atoms with Gasteiger partial charge in [0.05, 0.1) is 38.6 Å². The van der Waals surface area contributed by atoms with Crippen LogP contribution in [0.2, 0.25) is 0 Å². The average molecular weight is 1080 g/mol. The van der Waals surface area contributed by atoms with Crippen molar-refractivity contribution in [2.75, 3.05) is 26.4 Å². The quantitative estimate of drug-likeness (QED) is 0.0298. The summed E-state index contributed by atoms with van der Waals surface area (Å²) in [6, 6.07) is -0.981. The third-order valence-electron chi connectivity index (χ3n) is 14.8. The fourth-order valence-corrected chi connectivity index (χ4v) is 9.91. The Balaban J connectivity index is 1.37. The highest BCUT2D eigenvalue weighted by Gasteiger charge is 2.53. The highest BCUT2D eigenvalue weighted by atomic mass is 16.8. The van der Waals surface area contributed by atoms with Gasteiger partial charge in [-0.05, 0) is 32.1 Å². The molecule has 19 nitrogen and oxygen atoms in total. The van der Waals surface area contributed by atoms with E-state index in [2.05, 4.69) is 24.4 Å². The number of unbranched alkanes of at least 4 members (excludes halogenated alkanes) is 24. The van der Waals surface area contributed by atoms with E-state index in [4.69, 9.17) is 28.4 Å². The molecule has 3 fully saturated rings. The van der Waals surface area contributed by atoms with Crippen LogP contribution in [0.3, 0.4) is 0 Å². The molecular weight excluding hydrogens is 975 g/mol. The molecule has 0 bridgehead atoms. The lowest BCUT2D eigenvalue weighted by molar-refractivity contribution is -0.379. The van der Waals surface area contributed by atoms with E-state index in [9.17, 15) is 61.0 Å². The first-order valence-corrected chi connectivity index (χ1v) is 29.1. The highest BCUT2D eigenvalue weighted by molar-refractivity contribution is 5.76. The van der Waals surface area contributed by atoms with E-state index in [1.807, 2.05) is 13.0 Å². The van der Waals surface area contributed by atoms with Crippen LogP contribution in [0.25, 0.3) is 0 Å². The summed E-state index contributed by atoms with van der Waals surface area (Å²) >= 11 is 0. The van der Waals surface area contributed by atoms with Gasteiger partial charge < -0.3 is 89.9 Å². The molecule has 3 heterocycles. The van der Waals surface area contributed by atoms with Crippen molar-refractivity contribution in [3.8, 4) is 0 Å². The Kier molecular flexibility index (Phi) is 36.4. The minimum absolute atomic E-state index is 0.222. The molecule has 19 heteroatoms. The summed E-state index contributed by atoms with van der Waals surface area (Å²) in [6.07, 6.45) is 14.6. The molecule has 1 amide bonds. The number of carbonyl (C=O) groups is 1. The van der Waals surface area contributed by atoms with Gasteiger partial charge in [0.25, 0.3) is 0 Å². The molecule has 0 saturated carbocycles. The SMILES string of the molecule is CCCCCCCCCCCCCCCCCCCCCCC/C=C/CC/C=C/C(O)C(COC1OC(CO)C(OC2OC(CO)C(OC3OC(CO)C(O)C(O)C3O)C(O)C2O)C(O)C1O)NC(=O)CCCCC. The topological polar surface area (TPSA) is 307 Å². The predicted octanol–water partition coefficient (Wildman–Crippen LogP) is 4.37. The maximum atomic E-state index is 12.9. The monoisotopic (exact) mass is 1080 g/mol. The number of ether oxygens (including phenoxy) is 6. The highest BCUT2D eigenvalue weighted by Crippen LogP contribution is 2.33. The molecule has 17 atom stereocenters. The molecule has 0 aliphatic carbocycles. The van der Waals surface area contributed by atoms with Crippen molar-refractivity contribution >= 4 is 5.91 Å². The van der Waals surface area contributed by atoms with Gasteiger partial charge in [0.15, 0.2) is 18.9 Å². The van der Waals surface area contributed by atoms with E-state index in [0.717, 1.165) is 32.1 Å². The van der Waals surface area contributed by atoms with Crippen LogP contribution in [0, 0.1) is 0 Å². The van der Waals surface area contributed by atoms with Crippen LogP contribution >= 0.6 is 0 Å². The number of nitrogens with one attached hydrogen (secondary N) is 1. The maximum Gasteiger partial charge on any atom is 0.220 e. The molecule has 3 rings (SSSR count). The summed E-state index contributed by atoms with van der Waals surface area (Å²) in [7, 11) is 0. The fourth-order valence-electron chi connectivity index (χ4n) is 9.91. The predicted molar refractivity (Wildman–Crippen MR) is 282 cm³/mol. The smallest absolute Gasteiger partial charge is 0.220 e. The van der Waals surface area contributed by atoms with Crippen molar-refractivity contribution in [2.45, 2.75) is 298 Å². The number of rotatable bonds is 42. The van der Waals surface area contributed by atoms with Gasteiger partial charge in [0.1, 0.15) is 73.2 Å². The van der Waals surface area contributed by atoms with Crippen LogP contribution < -0.4 is 5.32 Å². The minimum atomic E-state index is -1.98. The fraction of sp³-hybridized carbons (Fsp3) is 0.911. The van der Waals surface area contributed by atoms with Crippen LogP contribution in [0.4, 0.5) is 0 Å². The summed E-state index contributed by atoms with van der Waals surface area (Å²) in [5.74, 6) is -0.310. The average Bonchev–Trinajstić information content (AvgIpc) is 3.40. The van der Waals surface area contributed by atoms with Gasteiger partial charge in [-0.3, -0.25) is 4.79 Å². The molecule has 75 heavy (non-hydrogen) atoms. The van der Waals surface area contributed by atoms with Crippen molar-refractivity contribution in [1.29, 1.82) is 0 Å². The molecule has 0 aromatic rings. The van der Waals surface area contributed by atoms with Crippen LogP contribution in [-0.2, 0) is 33.2 Å². The molecule has 12 N–H and O–H groups in total. The number of amides is 1. The van der Waals surface area contributed by atoms with Gasteiger partial charge >= 0.3 is 0 Å². The van der Waals surface area contributed by atoms with E-state index >= 15 is 0 Å². The van der Waals surface area contributed by atoms with Gasteiger partial charge in [0.2, 0.25) is 5.91 Å². The third-order valence-corrected chi connectivity index (χ3v) is 14.8. The van der Waals surface area contributed by atoms with E-state index in [-0.39, 0.29) is 18.9 Å². The zero-order chi connectivity index (χ0) is 54.8. The summed E-state index contributed by atoms with van der Waals surface area (Å²) in [5, 5.41) is 119. The molecule has 3 saturated heterocycles. The number of hydrogen-bond acceptors (Lipinski definition) is 18. The first kappa shape index (κ1) is 67.5. The van der Waals surface area contributed by atoms with Crippen molar-refractivity contribution in [3.63, 3.8) is 0 Å². The Morgan fingerprint density at radius 3 is 1.33 bits per heavy atom. The van der Waals surface area contributed by atoms with Gasteiger partial charge in [-0.2, -0.15) is 0 Å². The van der Waals surface area contributed by atoms with Crippen molar-refractivity contribution in [1.82, 2.24) is 5.32 Å². The number of aliphatic hydroxyl groups excluding tert-OH is 11. The van der Waals surface area contributed by atoms with Gasteiger partial charge in [-0.25, -0.2) is 0 Å². The van der Waals surface area contributed by atoms with Crippen molar-refractivity contribution in [2.24, 2.45) is 0 Å². The Morgan fingerprint density at radius 1 is 0.467 bits per heavy atom. The Morgan fingerprint density at radius 2 is 0.853 bits per heavy atom. The molecular formula is C56H103NO18. The van der Waals surface area contributed by atoms with Crippen LogP contribution in [0.5, 0.6) is 0 Å². The molecule has 17 unspecified atom stereocenters. The summed E-state index contributed by atoms with van der Waals surface area (Å²) < 4.78 is 34.0. The van der Waals surface area contributed by atoms with Crippen LogP contribution in [0.15, 0.2) is 24.3 Å². The Hall–Kier alpha value is -1.73. The zero-order valence-electron chi connectivity index (χ0n) is 45.5. The maximum absolute atomic E-state index is 12.9. The van der Waals surface area contributed by atoms with Crippen molar-refractivity contribution in [3.05, 3.63) is 24.3 Å². The molecule has 440 valence electrons. The number of hydrogen-bond donors (Lipinski definition) is 12. The van der Waals surface area contributed by atoms with Crippen LogP contribution in [0.1, 0.15) is 194 Å². The first-order chi connectivity index (χ1) is 36.3. The molecule has 3 aliphatic heterocycles. The molecule has 0 radical (unpaired) electrons. The second kappa shape index (κ2) is 40.4. The molecule has 0 aromatic heterocycles. The number of carbonyl (C=O) groups excluding carboxylic acids is 1. The summed E-state index contributed by atoms with van der Waals surface area (Å²) in [6.45, 7) is 1.50. The van der Waals surface area contributed by atoms with Crippen molar-refractivity contribution < 1.29 is 89.4 Å². The first-order valence-electron chi connectivity index (χ1n) is 29.1. The summed E-state index contributed by atoms with van der Waals surface area (Å²) in [4.78, 5) is 12.9. The molecule has 0 spiro atoms. The van der Waals surface area contributed by atoms with E-state index in [1.54, 1.807) is 6.08 Å². The molecule has 0 aromatic carbocycles. The second-order valence-electron chi connectivity index (χ2n) is 21.1. The van der Waals surface area contributed by atoms with Gasteiger partial charge in [-0.15, -0.1) is 0 Å². The number of allylic oxidation sites excluding steroid dienone is 3. The lowest BCUT2D eigenvalue weighted by Crippen LogP contribution is -2.66. The lowest BCUT2D eigenvalue weighted by atomic mass is 9.96. The third kappa shape index (κ3) is 25.1.